The molecule has 0 bridgehead atoms. The van der Waals surface area contributed by atoms with Crippen molar-refractivity contribution in [1.29, 1.82) is 0 Å². The summed E-state index contributed by atoms with van der Waals surface area (Å²) in [4.78, 5) is 24.1. The van der Waals surface area contributed by atoms with E-state index in [2.05, 4.69) is 5.32 Å². The molecule has 0 saturated carbocycles. The van der Waals surface area contributed by atoms with Crippen LogP contribution in [0.15, 0.2) is 60.7 Å². The van der Waals surface area contributed by atoms with Crippen LogP contribution in [0, 0.1) is 12.7 Å². The Bertz CT molecular complexity index is 1160. The van der Waals surface area contributed by atoms with Crippen LogP contribution in [0.3, 0.4) is 0 Å². The third-order valence-electron chi connectivity index (χ3n) is 4.31. The molecule has 0 fully saturated rings. The zero-order valence-electron chi connectivity index (χ0n) is 16.1. The summed E-state index contributed by atoms with van der Waals surface area (Å²) in [6, 6.07) is 11.7. The van der Waals surface area contributed by atoms with E-state index in [4.69, 9.17) is 10.5 Å². The SMILES string of the molecule is Cc1cc(F)ccc1Oc1ccc(C(F)(F)F)cc1C(=O)Nc1cccc(C(N)=O)c1. The van der Waals surface area contributed by atoms with E-state index in [1.54, 1.807) is 6.92 Å². The van der Waals surface area contributed by atoms with Gasteiger partial charge in [0.05, 0.1) is 11.1 Å². The highest BCUT2D eigenvalue weighted by molar-refractivity contribution is 6.07. The van der Waals surface area contributed by atoms with Crippen LogP contribution >= 0.6 is 0 Å². The first-order valence-corrected chi connectivity index (χ1v) is 8.91. The van der Waals surface area contributed by atoms with Gasteiger partial charge in [0, 0.05) is 11.3 Å². The molecule has 3 aromatic rings. The molecule has 0 spiro atoms. The maximum atomic E-state index is 13.3. The van der Waals surface area contributed by atoms with Gasteiger partial charge in [-0.1, -0.05) is 6.07 Å². The number of rotatable bonds is 5. The Hall–Kier alpha value is -3.88. The average molecular weight is 432 g/mol. The van der Waals surface area contributed by atoms with Crippen molar-refractivity contribution in [2.45, 2.75) is 13.1 Å². The van der Waals surface area contributed by atoms with Crippen molar-refractivity contribution in [3.8, 4) is 11.5 Å². The van der Waals surface area contributed by atoms with Crippen molar-refractivity contribution < 1.29 is 31.9 Å². The molecule has 0 aliphatic heterocycles. The lowest BCUT2D eigenvalue weighted by Gasteiger charge is -2.15. The van der Waals surface area contributed by atoms with E-state index in [-0.39, 0.29) is 22.7 Å². The van der Waals surface area contributed by atoms with Gasteiger partial charge in [-0.2, -0.15) is 13.2 Å². The van der Waals surface area contributed by atoms with Gasteiger partial charge in [-0.05, 0) is 67.1 Å². The van der Waals surface area contributed by atoms with Crippen LogP contribution in [0.1, 0.15) is 31.8 Å². The van der Waals surface area contributed by atoms with E-state index in [0.29, 0.717) is 11.6 Å². The molecular formula is C22H16F4N2O3. The Morgan fingerprint density at radius 3 is 2.32 bits per heavy atom. The normalized spacial score (nSPS) is 11.1. The number of aryl methyl sites for hydroxylation is 1. The van der Waals surface area contributed by atoms with Gasteiger partial charge in [0.1, 0.15) is 17.3 Å². The van der Waals surface area contributed by atoms with Gasteiger partial charge in [0.25, 0.3) is 5.91 Å². The van der Waals surface area contributed by atoms with Gasteiger partial charge in [-0.15, -0.1) is 0 Å². The van der Waals surface area contributed by atoms with E-state index in [0.717, 1.165) is 18.2 Å². The molecular weight excluding hydrogens is 416 g/mol. The number of amides is 2. The summed E-state index contributed by atoms with van der Waals surface area (Å²) in [5.41, 5.74) is 4.41. The zero-order valence-corrected chi connectivity index (χ0v) is 16.1. The number of hydrogen-bond donors (Lipinski definition) is 2. The molecule has 3 rings (SSSR count). The van der Waals surface area contributed by atoms with Crippen molar-refractivity contribution in [3.05, 3.63) is 88.7 Å². The van der Waals surface area contributed by atoms with Gasteiger partial charge < -0.3 is 15.8 Å². The number of carbonyl (C=O) groups excluding carboxylic acids is 2. The van der Waals surface area contributed by atoms with E-state index < -0.39 is 34.9 Å². The fourth-order valence-corrected chi connectivity index (χ4v) is 2.77. The molecule has 2 amide bonds. The summed E-state index contributed by atoms with van der Waals surface area (Å²) >= 11 is 0. The molecule has 0 aromatic heterocycles. The van der Waals surface area contributed by atoms with Gasteiger partial charge in [0.15, 0.2) is 0 Å². The van der Waals surface area contributed by atoms with Crippen molar-refractivity contribution in [3.63, 3.8) is 0 Å². The molecule has 0 radical (unpaired) electrons. The molecule has 0 aliphatic carbocycles. The average Bonchev–Trinajstić information content (AvgIpc) is 2.69. The van der Waals surface area contributed by atoms with Crippen LogP contribution in [-0.4, -0.2) is 11.8 Å². The highest BCUT2D eigenvalue weighted by Gasteiger charge is 2.32. The Labute approximate surface area is 174 Å². The number of hydrogen-bond acceptors (Lipinski definition) is 3. The maximum absolute atomic E-state index is 13.3. The number of nitrogens with one attached hydrogen (secondary N) is 1. The summed E-state index contributed by atoms with van der Waals surface area (Å²) in [7, 11) is 0. The summed E-state index contributed by atoms with van der Waals surface area (Å²) in [5, 5.41) is 2.43. The predicted molar refractivity (Wildman–Crippen MR) is 106 cm³/mol. The van der Waals surface area contributed by atoms with Gasteiger partial charge in [0.2, 0.25) is 5.91 Å². The van der Waals surface area contributed by atoms with E-state index in [9.17, 15) is 27.2 Å². The van der Waals surface area contributed by atoms with Crippen LogP contribution in [0.5, 0.6) is 11.5 Å². The number of carbonyl (C=O) groups is 2. The second-order valence-corrected chi connectivity index (χ2v) is 6.62. The minimum absolute atomic E-state index is 0.111. The zero-order chi connectivity index (χ0) is 22.8. The molecule has 3 aromatic carbocycles. The van der Waals surface area contributed by atoms with E-state index in [1.165, 1.54) is 36.4 Å². The Balaban J connectivity index is 2.00. The third kappa shape index (κ3) is 5.19. The van der Waals surface area contributed by atoms with Crippen LogP contribution in [0.4, 0.5) is 23.2 Å². The largest absolute Gasteiger partial charge is 0.456 e. The minimum Gasteiger partial charge on any atom is -0.456 e. The first-order valence-electron chi connectivity index (χ1n) is 8.91. The number of ether oxygens (including phenoxy) is 1. The van der Waals surface area contributed by atoms with Crippen molar-refractivity contribution in [2.24, 2.45) is 5.73 Å². The van der Waals surface area contributed by atoms with Crippen molar-refractivity contribution in [2.75, 3.05) is 5.32 Å². The van der Waals surface area contributed by atoms with Gasteiger partial charge in [-0.3, -0.25) is 9.59 Å². The number of anilines is 1. The molecule has 0 aliphatic rings. The van der Waals surface area contributed by atoms with Crippen molar-refractivity contribution in [1.82, 2.24) is 0 Å². The first-order chi connectivity index (χ1) is 14.5. The maximum Gasteiger partial charge on any atom is 0.416 e. The third-order valence-corrected chi connectivity index (χ3v) is 4.31. The molecule has 0 saturated heterocycles. The lowest BCUT2D eigenvalue weighted by molar-refractivity contribution is -0.137. The molecule has 160 valence electrons. The van der Waals surface area contributed by atoms with Gasteiger partial charge in [-0.25, -0.2) is 4.39 Å². The summed E-state index contributed by atoms with van der Waals surface area (Å²) in [6.45, 7) is 1.55. The van der Waals surface area contributed by atoms with E-state index in [1.807, 2.05) is 0 Å². The standard InChI is InChI=1S/C22H16F4N2O3/c1-12-9-15(23)6-8-18(12)31-19-7-5-14(22(24,25)26)11-17(19)21(30)28-16-4-2-3-13(10-16)20(27)29/h2-11H,1H3,(H2,27,29)(H,28,30). The van der Waals surface area contributed by atoms with Crippen molar-refractivity contribution >= 4 is 17.5 Å². The van der Waals surface area contributed by atoms with Crippen LogP contribution in [0.25, 0.3) is 0 Å². The minimum atomic E-state index is -4.69. The second-order valence-electron chi connectivity index (χ2n) is 6.62. The summed E-state index contributed by atoms with van der Waals surface area (Å²) in [6.07, 6.45) is -4.69. The molecule has 3 N–H and O–H groups in total. The first kappa shape index (κ1) is 21.8. The predicted octanol–water partition coefficient (Wildman–Crippen LogP) is 5.30. The monoisotopic (exact) mass is 432 g/mol. The summed E-state index contributed by atoms with van der Waals surface area (Å²) in [5.74, 6) is -2.13. The summed E-state index contributed by atoms with van der Waals surface area (Å²) < 4.78 is 58.6. The number of benzene rings is 3. The van der Waals surface area contributed by atoms with Crippen LogP contribution in [0.2, 0.25) is 0 Å². The quantitative estimate of drug-likeness (QED) is 0.537. The topological polar surface area (TPSA) is 81.4 Å². The fourth-order valence-electron chi connectivity index (χ4n) is 2.77. The second kappa shape index (κ2) is 8.47. The number of nitrogens with two attached hydrogens (primary N) is 1. The number of halogens is 4. The Morgan fingerprint density at radius 1 is 0.968 bits per heavy atom. The molecule has 0 unspecified atom stereocenters. The Kier molecular flexibility index (Phi) is 5.96. The number of alkyl halides is 3. The molecule has 5 nitrogen and oxygen atoms in total. The molecule has 31 heavy (non-hydrogen) atoms. The lowest BCUT2D eigenvalue weighted by atomic mass is 10.1. The molecule has 0 heterocycles. The highest BCUT2D eigenvalue weighted by atomic mass is 19.4. The van der Waals surface area contributed by atoms with Crippen LogP contribution in [-0.2, 0) is 6.18 Å². The fraction of sp³-hybridized carbons (Fsp3) is 0.0909. The molecule has 0 atom stereocenters. The lowest BCUT2D eigenvalue weighted by Crippen LogP contribution is -2.16. The van der Waals surface area contributed by atoms with E-state index >= 15 is 0 Å². The number of primary amides is 1. The Morgan fingerprint density at radius 2 is 1.68 bits per heavy atom. The highest BCUT2D eigenvalue weighted by Crippen LogP contribution is 2.35. The van der Waals surface area contributed by atoms with Gasteiger partial charge >= 0.3 is 6.18 Å². The smallest absolute Gasteiger partial charge is 0.416 e. The van der Waals surface area contributed by atoms with Crippen LogP contribution < -0.4 is 15.8 Å². The molecule has 9 heteroatoms.